The van der Waals surface area contributed by atoms with Gasteiger partial charge in [-0.3, -0.25) is 4.79 Å². The molecular weight excluding hydrogens is 240 g/mol. The van der Waals surface area contributed by atoms with Crippen LogP contribution in [0.3, 0.4) is 0 Å². The zero-order valence-electron chi connectivity index (χ0n) is 11.7. The van der Waals surface area contributed by atoms with E-state index in [0.29, 0.717) is 6.42 Å². The number of carbonyl (C=O) groups excluding carboxylic acids is 1. The summed E-state index contributed by atoms with van der Waals surface area (Å²) < 4.78 is 11.1. The topological polar surface area (TPSA) is 35.5 Å². The van der Waals surface area contributed by atoms with E-state index < -0.39 is 0 Å². The first kappa shape index (κ1) is 14.1. The lowest BCUT2D eigenvalue weighted by Crippen LogP contribution is -2.09. The van der Waals surface area contributed by atoms with E-state index in [1.807, 2.05) is 38.1 Å². The molecule has 3 nitrogen and oxygen atoms in total. The Hall–Kier alpha value is -1.35. The molecule has 0 N–H and O–H groups in total. The van der Waals surface area contributed by atoms with Gasteiger partial charge in [0.05, 0.1) is 12.2 Å². The maximum Gasteiger partial charge on any atom is 0.162 e. The van der Waals surface area contributed by atoms with Crippen molar-refractivity contribution in [1.82, 2.24) is 0 Å². The maximum absolute atomic E-state index is 12.0. The van der Waals surface area contributed by atoms with Crippen LogP contribution in [-0.2, 0) is 4.74 Å². The molecule has 0 spiro atoms. The highest BCUT2D eigenvalue weighted by molar-refractivity contribution is 5.96. The number of carbonyl (C=O) groups is 1. The average Bonchev–Trinajstić information content (AvgIpc) is 2.89. The molecule has 0 amide bonds. The number of hydrogen-bond donors (Lipinski definition) is 0. The molecule has 19 heavy (non-hydrogen) atoms. The van der Waals surface area contributed by atoms with E-state index in [-0.39, 0.29) is 18.0 Å². The summed E-state index contributed by atoms with van der Waals surface area (Å²) in [5.74, 6) is 0.997. The Bertz CT molecular complexity index is 403. The number of hydrogen-bond acceptors (Lipinski definition) is 3. The largest absolute Gasteiger partial charge is 0.491 e. The lowest BCUT2D eigenvalue weighted by Gasteiger charge is -2.10. The Morgan fingerprint density at radius 2 is 2.11 bits per heavy atom. The lowest BCUT2D eigenvalue weighted by molar-refractivity contribution is 0.0859. The molecule has 1 aromatic rings. The van der Waals surface area contributed by atoms with Gasteiger partial charge in [0.25, 0.3) is 0 Å². The zero-order valence-corrected chi connectivity index (χ0v) is 11.7. The van der Waals surface area contributed by atoms with Crippen LogP contribution in [0.4, 0.5) is 0 Å². The second-order valence-corrected chi connectivity index (χ2v) is 5.29. The van der Waals surface area contributed by atoms with Crippen LogP contribution in [0.25, 0.3) is 0 Å². The third-order valence-electron chi connectivity index (χ3n) is 3.27. The number of benzene rings is 1. The molecule has 1 aliphatic rings. The van der Waals surface area contributed by atoms with Gasteiger partial charge in [-0.25, -0.2) is 0 Å². The van der Waals surface area contributed by atoms with Gasteiger partial charge >= 0.3 is 0 Å². The predicted octanol–water partition coefficient (Wildman–Crippen LogP) is 3.62. The third-order valence-corrected chi connectivity index (χ3v) is 3.27. The van der Waals surface area contributed by atoms with Crippen molar-refractivity contribution in [2.24, 2.45) is 0 Å². The number of ketones is 1. The second kappa shape index (κ2) is 6.71. The molecule has 1 atom stereocenters. The first-order valence-electron chi connectivity index (χ1n) is 7.06. The summed E-state index contributed by atoms with van der Waals surface area (Å²) >= 11 is 0. The highest BCUT2D eigenvalue weighted by Gasteiger charge is 2.17. The molecule has 1 unspecified atom stereocenters. The molecule has 0 bridgehead atoms. The van der Waals surface area contributed by atoms with E-state index in [2.05, 4.69) is 0 Å². The van der Waals surface area contributed by atoms with Crippen LogP contribution in [0.5, 0.6) is 5.75 Å². The molecule has 0 saturated carbocycles. The Kier molecular flexibility index (Phi) is 4.97. The third kappa shape index (κ3) is 4.35. The molecule has 2 rings (SSSR count). The minimum atomic E-state index is 0.154. The molecule has 0 radical (unpaired) electrons. The van der Waals surface area contributed by atoms with Crippen LogP contribution in [0.1, 0.15) is 49.9 Å². The van der Waals surface area contributed by atoms with Crippen molar-refractivity contribution >= 4 is 5.78 Å². The maximum atomic E-state index is 12.0. The van der Waals surface area contributed by atoms with Gasteiger partial charge in [0.15, 0.2) is 5.78 Å². The van der Waals surface area contributed by atoms with Gasteiger partial charge < -0.3 is 9.47 Å². The highest BCUT2D eigenvalue weighted by atomic mass is 16.5. The molecule has 1 aromatic carbocycles. The van der Waals surface area contributed by atoms with Gasteiger partial charge in [-0.1, -0.05) is 0 Å². The number of ether oxygens (including phenoxy) is 2. The van der Waals surface area contributed by atoms with Crippen molar-refractivity contribution in [3.63, 3.8) is 0 Å². The molecule has 104 valence electrons. The molecule has 1 saturated heterocycles. The molecule has 1 aliphatic heterocycles. The zero-order chi connectivity index (χ0) is 13.7. The summed E-state index contributed by atoms with van der Waals surface area (Å²) in [5, 5.41) is 0. The SMILES string of the molecule is CC(C)Oc1ccc(C(=O)CCC2CCCO2)cc1. The molecule has 3 heteroatoms. The fraction of sp³-hybridized carbons (Fsp3) is 0.562. The van der Waals surface area contributed by atoms with Crippen molar-refractivity contribution in [2.45, 2.75) is 51.7 Å². The Morgan fingerprint density at radius 3 is 2.68 bits per heavy atom. The van der Waals surface area contributed by atoms with E-state index in [4.69, 9.17) is 9.47 Å². The Balaban J connectivity index is 1.84. The van der Waals surface area contributed by atoms with Crippen molar-refractivity contribution in [1.29, 1.82) is 0 Å². The van der Waals surface area contributed by atoms with E-state index in [0.717, 1.165) is 37.2 Å². The van der Waals surface area contributed by atoms with Gasteiger partial charge in [0.1, 0.15) is 5.75 Å². The summed E-state index contributed by atoms with van der Waals surface area (Å²) in [7, 11) is 0. The van der Waals surface area contributed by atoms with Gasteiger partial charge in [0.2, 0.25) is 0 Å². The van der Waals surface area contributed by atoms with Crippen LogP contribution < -0.4 is 4.74 Å². The molecule has 1 heterocycles. The monoisotopic (exact) mass is 262 g/mol. The van der Waals surface area contributed by atoms with Gasteiger partial charge in [-0.05, 0) is 57.4 Å². The van der Waals surface area contributed by atoms with E-state index >= 15 is 0 Å². The van der Waals surface area contributed by atoms with Gasteiger partial charge in [-0.2, -0.15) is 0 Å². The predicted molar refractivity (Wildman–Crippen MR) is 74.7 cm³/mol. The van der Waals surface area contributed by atoms with Crippen LogP contribution >= 0.6 is 0 Å². The second-order valence-electron chi connectivity index (χ2n) is 5.29. The smallest absolute Gasteiger partial charge is 0.162 e. The molecule has 1 fully saturated rings. The summed E-state index contributed by atoms with van der Waals surface area (Å²) in [6.45, 7) is 4.82. The normalized spacial score (nSPS) is 18.8. The summed E-state index contributed by atoms with van der Waals surface area (Å²) in [6, 6.07) is 7.41. The lowest BCUT2D eigenvalue weighted by atomic mass is 10.0. The van der Waals surface area contributed by atoms with Crippen molar-refractivity contribution in [3.8, 4) is 5.75 Å². The molecular formula is C16H22O3. The van der Waals surface area contributed by atoms with Crippen LogP contribution in [-0.4, -0.2) is 24.6 Å². The Labute approximate surface area is 114 Å². The van der Waals surface area contributed by atoms with Gasteiger partial charge in [0, 0.05) is 18.6 Å². The first-order valence-corrected chi connectivity index (χ1v) is 7.06. The fourth-order valence-corrected chi connectivity index (χ4v) is 2.30. The highest BCUT2D eigenvalue weighted by Crippen LogP contribution is 2.19. The van der Waals surface area contributed by atoms with Crippen LogP contribution in [0.2, 0.25) is 0 Å². The standard InChI is InChI=1S/C16H22O3/c1-12(2)19-15-7-5-13(6-8-15)16(17)10-9-14-4-3-11-18-14/h5-8,12,14H,3-4,9-11H2,1-2H3. The minimum Gasteiger partial charge on any atom is -0.491 e. The summed E-state index contributed by atoms with van der Waals surface area (Å²) in [4.78, 5) is 12.0. The van der Waals surface area contributed by atoms with E-state index in [1.165, 1.54) is 0 Å². The van der Waals surface area contributed by atoms with Gasteiger partial charge in [-0.15, -0.1) is 0 Å². The average molecular weight is 262 g/mol. The first-order chi connectivity index (χ1) is 9.15. The number of Topliss-reactive ketones (excluding diaryl/α,β-unsaturated/α-hetero) is 1. The fourth-order valence-electron chi connectivity index (χ4n) is 2.30. The molecule has 0 aromatic heterocycles. The number of rotatable bonds is 6. The van der Waals surface area contributed by atoms with E-state index in [1.54, 1.807) is 0 Å². The van der Waals surface area contributed by atoms with E-state index in [9.17, 15) is 4.79 Å². The molecule has 0 aliphatic carbocycles. The summed E-state index contributed by atoms with van der Waals surface area (Å²) in [6.07, 6.45) is 4.06. The quantitative estimate of drug-likeness (QED) is 0.735. The minimum absolute atomic E-state index is 0.154. The van der Waals surface area contributed by atoms with Crippen LogP contribution in [0, 0.1) is 0 Å². The summed E-state index contributed by atoms with van der Waals surface area (Å²) in [5.41, 5.74) is 0.758. The van der Waals surface area contributed by atoms with Crippen molar-refractivity contribution < 1.29 is 14.3 Å². The van der Waals surface area contributed by atoms with Crippen molar-refractivity contribution in [2.75, 3.05) is 6.61 Å². The van der Waals surface area contributed by atoms with Crippen LogP contribution in [0.15, 0.2) is 24.3 Å². The Morgan fingerprint density at radius 1 is 1.37 bits per heavy atom. The van der Waals surface area contributed by atoms with Crippen molar-refractivity contribution in [3.05, 3.63) is 29.8 Å².